The number of nitrogens with two attached hydrogens (primary N) is 1. The van der Waals surface area contributed by atoms with Gasteiger partial charge >= 0.3 is 0 Å². The molecule has 1 saturated carbocycles. The van der Waals surface area contributed by atoms with Gasteiger partial charge in [-0.25, -0.2) is 0 Å². The third kappa shape index (κ3) is 4.12. The van der Waals surface area contributed by atoms with Crippen LogP contribution in [0.2, 0.25) is 0 Å². The normalized spacial score (nSPS) is 19.6. The summed E-state index contributed by atoms with van der Waals surface area (Å²) in [6.45, 7) is 9.01. The highest BCUT2D eigenvalue weighted by Gasteiger charge is 2.33. The fraction of sp³-hybridized carbons (Fsp3) is 1.00. The first-order chi connectivity index (χ1) is 7.00. The molecule has 0 aromatic heterocycles. The lowest BCUT2D eigenvalue weighted by atomic mass is 9.86. The lowest BCUT2D eigenvalue weighted by Crippen LogP contribution is -2.41. The molecular formula is C13H28N2. The van der Waals surface area contributed by atoms with E-state index in [0.29, 0.717) is 11.5 Å². The van der Waals surface area contributed by atoms with E-state index in [-0.39, 0.29) is 0 Å². The van der Waals surface area contributed by atoms with Gasteiger partial charge in [0.1, 0.15) is 0 Å². The van der Waals surface area contributed by atoms with Crippen LogP contribution in [0, 0.1) is 11.3 Å². The average molecular weight is 212 g/mol. The van der Waals surface area contributed by atoms with Crippen LogP contribution in [0.4, 0.5) is 0 Å². The summed E-state index contributed by atoms with van der Waals surface area (Å²) in [4.78, 5) is 2.48. The predicted molar refractivity (Wildman–Crippen MR) is 66.9 cm³/mol. The Kier molecular flexibility index (Phi) is 4.60. The molecule has 0 bridgehead atoms. The van der Waals surface area contributed by atoms with Crippen LogP contribution in [0.3, 0.4) is 0 Å². The maximum Gasteiger partial charge on any atom is 0.0243 e. The smallest absolute Gasteiger partial charge is 0.0243 e. The highest BCUT2D eigenvalue weighted by Crippen LogP contribution is 2.35. The molecule has 2 nitrogen and oxygen atoms in total. The standard InChI is InChI=1S/C13H28N2/c1-5-13(2,3)8-9-15(4)12(10-14)11-6-7-11/h11-12H,5-10,14H2,1-4H3. The lowest BCUT2D eigenvalue weighted by Gasteiger charge is -2.31. The molecule has 0 spiro atoms. The fourth-order valence-corrected chi connectivity index (χ4v) is 2.03. The number of hydrogen-bond acceptors (Lipinski definition) is 2. The molecule has 90 valence electrons. The largest absolute Gasteiger partial charge is 0.329 e. The van der Waals surface area contributed by atoms with Crippen molar-refractivity contribution >= 4 is 0 Å². The van der Waals surface area contributed by atoms with E-state index in [1.54, 1.807) is 0 Å². The SMILES string of the molecule is CCC(C)(C)CCN(C)C(CN)C1CC1. The van der Waals surface area contributed by atoms with E-state index in [9.17, 15) is 0 Å². The fourth-order valence-electron chi connectivity index (χ4n) is 2.03. The molecule has 0 aromatic carbocycles. The van der Waals surface area contributed by atoms with Crippen LogP contribution in [-0.2, 0) is 0 Å². The summed E-state index contributed by atoms with van der Waals surface area (Å²) in [5.74, 6) is 0.893. The van der Waals surface area contributed by atoms with Crippen LogP contribution in [-0.4, -0.2) is 31.1 Å². The van der Waals surface area contributed by atoms with Crippen LogP contribution >= 0.6 is 0 Å². The van der Waals surface area contributed by atoms with Gasteiger partial charge < -0.3 is 10.6 Å². The number of rotatable bonds is 7. The van der Waals surface area contributed by atoms with Crippen molar-refractivity contribution in [1.29, 1.82) is 0 Å². The van der Waals surface area contributed by atoms with E-state index < -0.39 is 0 Å². The molecule has 1 rings (SSSR count). The Morgan fingerprint density at radius 3 is 2.40 bits per heavy atom. The van der Waals surface area contributed by atoms with Crippen LogP contribution < -0.4 is 5.73 Å². The Morgan fingerprint density at radius 1 is 1.40 bits per heavy atom. The summed E-state index contributed by atoms with van der Waals surface area (Å²) < 4.78 is 0. The molecule has 1 aliphatic carbocycles. The predicted octanol–water partition coefficient (Wildman–Crippen LogP) is 2.48. The second kappa shape index (κ2) is 5.31. The van der Waals surface area contributed by atoms with Gasteiger partial charge in [-0.3, -0.25) is 0 Å². The van der Waals surface area contributed by atoms with Crippen molar-refractivity contribution < 1.29 is 0 Å². The second-order valence-electron chi connectivity index (χ2n) is 5.89. The molecule has 0 heterocycles. The molecule has 0 aromatic rings. The Labute approximate surface area is 95.2 Å². The van der Waals surface area contributed by atoms with Crippen LogP contribution in [0.1, 0.15) is 46.5 Å². The first kappa shape index (κ1) is 13.0. The third-order valence-corrected chi connectivity index (χ3v) is 4.07. The molecule has 1 fully saturated rings. The number of likely N-dealkylation sites (N-methyl/N-ethyl adjacent to an activating group) is 1. The summed E-state index contributed by atoms with van der Waals surface area (Å²) in [6.07, 6.45) is 5.33. The quantitative estimate of drug-likeness (QED) is 0.702. The van der Waals surface area contributed by atoms with E-state index in [1.165, 1.54) is 32.2 Å². The van der Waals surface area contributed by atoms with Gasteiger partial charge in [0, 0.05) is 12.6 Å². The zero-order chi connectivity index (χ0) is 11.5. The molecule has 0 amide bonds. The zero-order valence-corrected chi connectivity index (χ0v) is 10.9. The Balaban J connectivity index is 2.30. The van der Waals surface area contributed by atoms with Crippen molar-refractivity contribution in [3.8, 4) is 0 Å². The molecule has 1 atom stereocenters. The topological polar surface area (TPSA) is 29.3 Å². The molecular weight excluding hydrogens is 184 g/mol. The molecule has 2 heteroatoms. The third-order valence-electron chi connectivity index (χ3n) is 4.07. The van der Waals surface area contributed by atoms with Gasteiger partial charge in [-0.2, -0.15) is 0 Å². The maximum atomic E-state index is 5.84. The first-order valence-electron chi connectivity index (χ1n) is 6.40. The average Bonchev–Trinajstić information content (AvgIpc) is 3.00. The minimum Gasteiger partial charge on any atom is -0.329 e. The maximum absolute atomic E-state index is 5.84. The molecule has 0 aliphatic heterocycles. The monoisotopic (exact) mass is 212 g/mol. The van der Waals surface area contributed by atoms with Gasteiger partial charge in [0.25, 0.3) is 0 Å². The highest BCUT2D eigenvalue weighted by molar-refractivity contribution is 4.88. The van der Waals surface area contributed by atoms with Gasteiger partial charge in [0.15, 0.2) is 0 Å². The molecule has 0 radical (unpaired) electrons. The highest BCUT2D eigenvalue weighted by atomic mass is 15.1. The van der Waals surface area contributed by atoms with Crippen molar-refractivity contribution in [3.05, 3.63) is 0 Å². The summed E-state index contributed by atoms with van der Waals surface area (Å²) in [7, 11) is 2.24. The van der Waals surface area contributed by atoms with Crippen molar-refractivity contribution in [3.63, 3.8) is 0 Å². The number of nitrogens with zero attached hydrogens (tertiary/aromatic N) is 1. The summed E-state index contributed by atoms with van der Waals surface area (Å²) in [6, 6.07) is 0.637. The molecule has 1 aliphatic rings. The molecule has 1 unspecified atom stereocenters. The lowest BCUT2D eigenvalue weighted by molar-refractivity contribution is 0.183. The van der Waals surface area contributed by atoms with Crippen molar-refractivity contribution in [1.82, 2.24) is 4.90 Å². The first-order valence-corrected chi connectivity index (χ1v) is 6.40. The Hall–Kier alpha value is -0.0800. The molecule has 0 saturated heterocycles. The van der Waals surface area contributed by atoms with E-state index in [1.807, 2.05) is 0 Å². The summed E-state index contributed by atoms with van der Waals surface area (Å²) in [5.41, 5.74) is 6.33. The van der Waals surface area contributed by atoms with Crippen LogP contribution in [0.15, 0.2) is 0 Å². The summed E-state index contributed by atoms with van der Waals surface area (Å²) >= 11 is 0. The summed E-state index contributed by atoms with van der Waals surface area (Å²) in [5, 5.41) is 0. The molecule has 15 heavy (non-hydrogen) atoms. The Morgan fingerprint density at radius 2 is 2.00 bits per heavy atom. The van der Waals surface area contributed by atoms with E-state index in [0.717, 1.165) is 12.5 Å². The van der Waals surface area contributed by atoms with Crippen LogP contribution in [0.25, 0.3) is 0 Å². The van der Waals surface area contributed by atoms with E-state index in [4.69, 9.17) is 5.73 Å². The van der Waals surface area contributed by atoms with Crippen molar-refractivity contribution in [2.24, 2.45) is 17.1 Å². The van der Waals surface area contributed by atoms with Crippen molar-refractivity contribution in [2.75, 3.05) is 20.1 Å². The Bertz CT molecular complexity index is 185. The van der Waals surface area contributed by atoms with E-state index >= 15 is 0 Å². The van der Waals surface area contributed by atoms with Gasteiger partial charge in [0.05, 0.1) is 0 Å². The van der Waals surface area contributed by atoms with Gasteiger partial charge in [-0.15, -0.1) is 0 Å². The minimum absolute atomic E-state index is 0.483. The van der Waals surface area contributed by atoms with Crippen LogP contribution in [0.5, 0.6) is 0 Å². The van der Waals surface area contributed by atoms with E-state index in [2.05, 4.69) is 32.7 Å². The van der Waals surface area contributed by atoms with Crippen molar-refractivity contribution in [2.45, 2.75) is 52.5 Å². The van der Waals surface area contributed by atoms with Gasteiger partial charge in [-0.05, 0) is 44.2 Å². The van der Waals surface area contributed by atoms with Gasteiger partial charge in [0.2, 0.25) is 0 Å². The minimum atomic E-state index is 0.483. The zero-order valence-electron chi connectivity index (χ0n) is 10.9. The number of hydrogen-bond donors (Lipinski definition) is 1. The second-order valence-corrected chi connectivity index (χ2v) is 5.89. The van der Waals surface area contributed by atoms with Gasteiger partial charge in [-0.1, -0.05) is 27.2 Å². The molecule has 2 N–H and O–H groups in total.